The highest BCUT2D eigenvalue weighted by atomic mass is 32.1. The van der Waals surface area contributed by atoms with Crippen molar-refractivity contribution in [2.45, 2.75) is 12.0 Å². The normalized spacial score (nSPS) is 14.7. The van der Waals surface area contributed by atoms with Gasteiger partial charge in [-0.15, -0.1) is 0 Å². The van der Waals surface area contributed by atoms with E-state index in [1.54, 1.807) is 0 Å². The third kappa shape index (κ3) is 2.58. The van der Waals surface area contributed by atoms with Crippen molar-refractivity contribution in [2.75, 3.05) is 13.2 Å². The summed E-state index contributed by atoms with van der Waals surface area (Å²) in [5, 5.41) is 8.58. The maximum Gasteiger partial charge on any atom is 0.331 e. The van der Waals surface area contributed by atoms with Gasteiger partial charge in [0, 0.05) is 0 Å². The predicted octanol–water partition coefficient (Wildman–Crippen LogP) is -1.53. The van der Waals surface area contributed by atoms with E-state index in [0.717, 1.165) is 0 Å². The summed E-state index contributed by atoms with van der Waals surface area (Å²) in [4.78, 5) is 10.4. The first-order valence-electron chi connectivity index (χ1n) is 3.47. The topological polar surface area (TPSA) is 106 Å². The molecule has 0 bridgehead atoms. The predicted molar refractivity (Wildman–Crippen MR) is 47.4 cm³/mol. The first-order valence-corrected chi connectivity index (χ1v) is 4.21. The molecule has 0 aromatic heterocycles. The average Bonchev–Trinajstić information content (AvgIpc) is 2.12. The van der Waals surface area contributed by atoms with Gasteiger partial charge >= 0.3 is 5.97 Å². The number of alkyl halides is 1. The van der Waals surface area contributed by atoms with Gasteiger partial charge in [-0.05, 0) is 13.0 Å². The zero-order valence-corrected chi connectivity index (χ0v) is 7.64. The van der Waals surface area contributed by atoms with E-state index < -0.39 is 18.2 Å². The minimum absolute atomic E-state index is 0.000880. The van der Waals surface area contributed by atoms with Gasteiger partial charge in [-0.25, -0.2) is 13.4 Å². The summed E-state index contributed by atoms with van der Waals surface area (Å²) >= 11 is -0.105. The Balaban J connectivity index is 4.93. The molecule has 5 N–H and O–H groups in total. The van der Waals surface area contributed by atoms with Gasteiger partial charge in [0.2, 0.25) is 0 Å². The van der Waals surface area contributed by atoms with Crippen LogP contribution in [0.25, 0.3) is 0 Å². The van der Waals surface area contributed by atoms with Crippen LogP contribution in [0.4, 0.5) is 4.39 Å². The van der Waals surface area contributed by atoms with E-state index in [4.69, 9.17) is 16.6 Å². The zero-order chi connectivity index (χ0) is 10.5. The van der Waals surface area contributed by atoms with Gasteiger partial charge in [-0.1, -0.05) is 0 Å². The number of rotatable bonds is 5. The Morgan fingerprint density at radius 1 is 1.62 bits per heavy atom. The van der Waals surface area contributed by atoms with E-state index in [1.165, 1.54) is 0 Å². The molecule has 0 fully saturated rings. The van der Waals surface area contributed by atoms with Crippen molar-refractivity contribution >= 4 is 22.1 Å². The van der Waals surface area contributed by atoms with Crippen LogP contribution in [0.15, 0.2) is 0 Å². The maximum absolute atomic E-state index is 12.3. The summed E-state index contributed by atoms with van der Waals surface area (Å²) in [6.07, 6.45) is 0.000880. The van der Waals surface area contributed by atoms with E-state index in [-0.39, 0.29) is 29.1 Å². The molecule has 76 valence electrons. The molecule has 0 aromatic rings. The Labute approximate surface area is 78.0 Å². The lowest BCUT2D eigenvalue weighted by Crippen LogP contribution is -2.57. The fourth-order valence-electron chi connectivity index (χ4n) is 0.721. The lowest BCUT2D eigenvalue weighted by Gasteiger charge is -2.20. The number of nitrogens with two attached hydrogens (primary N) is 2. The van der Waals surface area contributed by atoms with E-state index in [0.29, 0.717) is 0 Å². The van der Waals surface area contributed by atoms with Crippen LogP contribution in [0.5, 0.6) is 0 Å². The molecule has 0 amide bonds. The molecular weight excluding hydrogens is 199 g/mol. The maximum atomic E-state index is 12.3. The van der Waals surface area contributed by atoms with Crippen molar-refractivity contribution in [2.24, 2.45) is 11.5 Å². The van der Waals surface area contributed by atoms with Crippen LogP contribution in [0.1, 0.15) is 6.42 Å². The largest absolute Gasteiger partial charge is 0.480 e. The summed E-state index contributed by atoms with van der Waals surface area (Å²) < 4.78 is 22.8. The van der Waals surface area contributed by atoms with Gasteiger partial charge in [0.05, 0.1) is 16.1 Å². The van der Waals surface area contributed by atoms with Crippen molar-refractivity contribution in [3.05, 3.63) is 0 Å². The molecule has 0 saturated heterocycles. The van der Waals surface area contributed by atoms with Crippen LogP contribution in [-0.2, 0) is 16.1 Å². The minimum atomic E-state index is -2.20. The number of carbonyl (C=O) groups is 1. The van der Waals surface area contributed by atoms with Gasteiger partial charge in [0.25, 0.3) is 0 Å². The smallest absolute Gasteiger partial charge is 0.331 e. The highest BCUT2D eigenvalue weighted by molar-refractivity contribution is 7.66. The molecule has 7 heteroatoms. The molecule has 13 heavy (non-hydrogen) atoms. The van der Waals surface area contributed by atoms with Crippen LogP contribution in [0.3, 0.4) is 0 Å². The Kier molecular flexibility index (Phi) is 4.74. The molecule has 0 saturated carbocycles. The van der Waals surface area contributed by atoms with E-state index in [1.807, 2.05) is 0 Å². The second-order valence-corrected chi connectivity index (χ2v) is 3.11. The van der Waals surface area contributed by atoms with Gasteiger partial charge in [0.15, 0.2) is 5.54 Å². The Bertz CT molecular complexity index is 254. The lowest BCUT2D eigenvalue weighted by molar-refractivity contribution is -0.141. The van der Waals surface area contributed by atoms with Gasteiger partial charge < -0.3 is 16.6 Å². The minimum Gasteiger partial charge on any atom is -0.480 e. The number of halogens is 1. The Hall–Kier alpha value is -0.790. The second kappa shape index (κ2) is 5.05. The molecule has 0 aliphatic rings. The highest BCUT2D eigenvalue weighted by Gasteiger charge is 2.39. The fraction of sp³-hybridized carbons (Fsp3) is 0.667. The van der Waals surface area contributed by atoms with Gasteiger partial charge in [0.1, 0.15) is 6.67 Å². The first-order chi connectivity index (χ1) is 6.02. The lowest BCUT2D eigenvalue weighted by atomic mass is 9.96. The fourth-order valence-corrected chi connectivity index (χ4v) is 1.21. The summed E-state index contributed by atoms with van der Waals surface area (Å²) in [5.74, 6) is -1.55. The van der Waals surface area contributed by atoms with Crippen molar-refractivity contribution in [3.8, 4) is 0 Å². The summed E-state index contributed by atoms with van der Waals surface area (Å²) in [5.41, 5.74) is 8.10. The van der Waals surface area contributed by atoms with Gasteiger partial charge in [-0.3, -0.25) is 0 Å². The molecule has 0 heterocycles. The quantitative estimate of drug-likeness (QED) is 0.477. The highest BCUT2D eigenvalue weighted by Crippen LogP contribution is 2.06. The standard InChI is InChI=1S/C6H11FN2O3S/c7-3-6(9,5(10)11)4(13-12)1-2-8/h1-3,8-9H2,(H,10,11). The number of aliphatic carboxylic acids is 1. The van der Waals surface area contributed by atoms with Crippen LogP contribution in [0.2, 0.25) is 0 Å². The van der Waals surface area contributed by atoms with Crippen LogP contribution in [0, 0.1) is 0 Å². The number of hydrogen-bond donors (Lipinski definition) is 3. The van der Waals surface area contributed by atoms with E-state index >= 15 is 0 Å². The van der Waals surface area contributed by atoms with Gasteiger partial charge in [-0.2, -0.15) is 0 Å². The number of hydrogen-bond acceptors (Lipinski definition) is 4. The van der Waals surface area contributed by atoms with Crippen molar-refractivity contribution in [1.82, 2.24) is 0 Å². The average molecular weight is 210 g/mol. The Morgan fingerprint density at radius 2 is 2.15 bits per heavy atom. The molecule has 0 aliphatic carbocycles. The monoisotopic (exact) mass is 210 g/mol. The van der Waals surface area contributed by atoms with Crippen LogP contribution < -0.4 is 11.5 Å². The van der Waals surface area contributed by atoms with E-state index in [2.05, 4.69) is 0 Å². The van der Waals surface area contributed by atoms with Crippen molar-refractivity contribution in [3.63, 3.8) is 0 Å². The first kappa shape index (κ1) is 12.2. The van der Waals surface area contributed by atoms with E-state index in [9.17, 15) is 13.4 Å². The summed E-state index contributed by atoms with van der Waals surface area (Å²) in [7, 11) is 0. The van der Waals surface area contributed by atoms with Crippen molar-refractivity contribution in [1.29, 1.82) is 0 Å². The van der Waals surface area contributed by atoms with Crippen molar-refractivity contribution < 1.29 is 18.5 Å². The molecule has 1 unspecified atom stereocenters. The third-order valence-electron chi connectivity index (χ3n) is 1.56. The number of carboxylic acid groups (broad SMARTS) is 1. The van der Waals surface area contributed by atoms with Crippen LogP contribution in [-0.4, -0.2) is 38.9 Å². The molecule has 5 nitrogen and oxygen atoms in total. The molecular formula is C6H11FN2O3S. The summed E-state index contributed by atoms with van der Waals surface area (Å²) in [6, 6.07) is 0. The molecule has 1 atom stereocenters. The molecule has 0 aliphatic heterocycles. The second-order valence-electron chi connectivity index (χ2n) is 2.46. The third-order valence-corrected chi connectivity index (χ3v) is 2.33. The SMILES string of the molecule is NCCC(=S=O)C(N)(CF)C(=O)O. The summed E-state index contributed by atoms with van der Waals surface area (Å²) in [6.45, 7) is -1.25. The molecule has 0 spiro atoms. The van der Waals surface area contributed by atoms with Crippen LogP contribution >= 0.6 is 0 Å². The molecule has 0 aromatic carbocycles. The molecule has 0 radical (unpaired) electrons. The zero-order valence-electron chi connectivity index (χ0n) is 6.83. The number of carboxylic acids is 1. The Morgan fingerprint density at radius 3 is 2.38 bits per heavy atom. The molecule has 0 rings (SSSR count).